The van der Waals surface area contributed by atoms with Gasteiger partial charge >= 0.3 is 5.97 Å². The van der Waals surface area contributed by atoms with Crippen molar-refractivity contribution < 1.29 is 19.8 Å². The first-order valence-electron chi connectivity index (χ1n) is 8.32. The number of carbonyl (C=O) groups excluding carboxylic acids is 1. The van der Waals surface area contributed by atoms with Crippen molar-refractivity contribution in [3.8, 4) is 5.75 Å². The predicted molar refractivity (Wildman–Crippen MR) is 106 cm³/mol. The van der Waals surface area contributed by atoms with Crippen molar-refractivity contribution >= 4 is 40.6 Å². The number of carboxylic acids is 1. The van der Waals surface area contributed by atoms with Gasteiger partial charge in [0, 0.05) is 6.54 Å². The molecule has 6 nitrogen and oxygen atoms in total. The number of hydrogen-bond donors (Lipinski definition) is 2. The van der Waals surface area contributed by atoms with Crippen molar-refractivity contribution in [3.63, 3.8) is 0 Å². The number of amides is 1. The summed E-state index contributed by atoms with van der Waals surface area (Å²) in [5, 5.41) is 19.3. The van der Waals surface area contributed by atoms with Gasteiger partial charge in [-0.1, -0.05) is 24.3 Å². The van der Waals surface area contributed by atoms with Crippen molar-refractivity contribution in [2.45, 2.75) is 13.8 Å². The first-order chi connectivity index (χ1) is 12.9. The number of aromatic carboxylic acids is 1. The zero-order valence-electron chi connectivity index (χ0n) is 14.8. The number of carboxylic acid groups (broad SMARTS) is 1. The van der Waals surface area contributed by atoms with Gasteiger partial charge in [0.15, 0.2) is 5.17 Å². The summed E-state index contributed by atoms with van der Waals surface area (Å²) < 4.78 is 0. The quantitative estimate of drug-likeness (QED) is 0.780. The second kappa shape index (κ2) is 7.67. The molecule has 27 heavy (non-hydrogen) atoms. The number of aliphatic imine (C=N–C) groups is 1. The van der Waals surface area contributed by atoms with Crippen LogP contribution in [-0.2, 0) is 4.79 Å². The van der Waals surface area contributed by atoms with Crippen molar-refractivity contribution in [2.75, 3.05) is 6.54 Å². The largest absolute Gasteiger partial charge is 0.508 e. The van der Waals surface area contributed by atoms with Crippen molar-refractivity contribution in [2.24, 2.45) is 4.99 Å². The Morgan fingerprint density at radius 1 is 1.26 bits per heavy atom. The smallest absolute Gasteiger partial charge is 0.338 e. The van der Waals surface area contributed by atoms with Gasteiger partial charge in [-0.15, -0.1) is 0 Å². The molecule has 0 unspecified atom stereocenters. The molecule has 138 valence electrons. The van der Waals surface area contributed by atoms with Crippen LogP contribution >= 0.6 is 11.8 Å². The molecule has 0 bridgehead atoms. The van der Waals surface area contributed by atoms with Crippen LogP contribution in [0.3, 0.4) is 0 Å². The summed E-state index contributed by atoms with van der Waals surface area (Å²) in [5.74, 6) is -1.52. The molecule has 1 heterocycles. The SMILES string of the molecule is CCN1C(=O)/C(=C/c2ccccc2C)SC1=Nc1ccc(O)cc1C(=O)O. The minimum Gasteiger partial charge on any atom is -0.508 e. The molecule has 2 aromatic rings. The van der Waals surface area contributed by atoms with E-state index in [4.69, 9.17) is 0 Å². The van der Waals surface area contributed by atoms with E-state index in [-0.39, 0.29) is 22.9 Å². The number of likely N-dealkylation sites (N-methyl/N-ethyl adjacent to an activating group) is 1. The fraction of sp³-hybridized carbons (Fsp3) is 0.150. The molecule has 2 N–H and O–H groups in total. The molecule has 0 aromatic heterocycles. The van der Waals surface area contributed by atoms with Crippen LogP contribution in [0.15, 0.2) is 52.4 Å². The Labute approximate surface area is 160 Å². The summed E-state index contributed by atoms with van der Waals surface area (Å²) in [5.41, 5.74) is 2.06. The van der Waals surface area contributed by atoms with Gasteiger partial charge in [0.05, 0.1) is 16.2 Å². The average Bonchev–Trinajstić information content (AvgIpc) is 2.93. The Morgan fingerprint density at radius 3 is 2.67 bits per heavy atom. The van der Waals surface area contributed by atoms with Crippen LogP contribution < -0.4 is 0 Å². The van der Waals surface area contributed by atoms with Crippen molar-refractivity contribution in [3.05, 3.63) is 64.1 Å². The molecule has 1 fully saturated rings. The lowest BCUT2D eigenvalue weighted by atomic mass is 10.1. The monoisotopic (exact) mass is 382 g/mol. The van der Waals surface area contributed by atoms with Gasteiger partial charge < -0.3 is 10.2 Å². The summed E-state index contributed by atoms with van der Waals surface area (Å²) in [4.78, 5) is 30.6. The lowest BCUT2D eigenvalue weighted by molar-refractivity contribution is -0.122. The third-order valence-corrected chi connectivity index (χ3v) is 5.11. The van der Waals surface area contributed by atoms with Crippen LogP contribution in [0.2, 0.25) is 0 Å². The number of nitrogens with zero attached hydrogens (tertiary/aromatic N) is 2. The predicted octanol–water partition coefficient (Wildman–Crippen LogP) is 4.02. The first kappa shape index (κ1) is 18.7. The number of aromatic hydroxyl groups is 1. The van der Waals surface area contributed by atoms with Gasteiger partial charge in [-0.3, -0.25) is 9.69 Å². The standard InChI is InChI=1S/C20H18N2O4S/c1-3-22-18(24)17(10-13-7-5-4-6-12(13)2)27-20(22)21-16-9-8-14(23)11-15(16)19(25)26/h4-11,23H,3H2,1-2H3,(H,25,26)/b17-10-,21-20?. The number of benzene rings is 2. The maximum Gasteiger partial charge on any atom is 0.338 e. The van der Waals surface area contributed by atoms with Gasteiger partial charge in [0.1, 0.15) is 5.75 Å². The summed E-state index contributed by atoms with van der Waals surface area (Å²) in [6.45, 7) is 4.22. The Bertz CT molecular complexity index is 982. The molecule has 0 aliphatic carbocycles. The van der Waals surface area contributed by atoms with Crippen LogP contribution in [0, 0.1) is 6.92 Å². The number of amidine groups is 1. The lowest BCUT2D eigenvalue weighted by Gasteiger charge is -2.12. The molecule has 0 saturated carbocycles. The molecule has 1 saturated heterocycles. The molecular weight excluding hydrogens is 364 g/mol. The van der Waals surface area contributed by atoms with E-state index in [9.17, 15) is 19.8 Å². The van der Waals surface area contributed by atoms with Gasteiger partial charge in [-0.25, -0.2) is 9.79 Å². The van der Waals surface area contributed by atoms with E-state index in [1.807, 2.05) is 44.2 Å². The van der Waals surface area contributed by atoms with Crippen molar-refractivity contribution in [1.29, 1.82) is 0 Å². The van der Waals surface area contributed by atoms with E-state index in [2.05, 4.69) is 4.99 Å². The molecular formula is C20H18N2O4S. The fourth-order valence-corrected chi connectivity index (χ4v) is 3.70. The highest BCUT2D eigenvalue weighted by molar-refractivity contribution is 8.18. The summed E-state index contributed by atoms with van der Waals surface area (Å²) in [6.07, 6.45) is 1.82. The zero-order chi connectivity index (χ0) is 19.6. The third kappa shape index (κ3) is 3.88. The summed E-state index contributed by atoms with van der Waals surface area (Å²) >= 11 is 1.21. The average molecular weight is 382 g/mol. The molecule has 0 spiro atoms. The van der Waals surface area contributed by atoms with Crippen LogP contribution in [-0.4, -0.2) is 38.7 Å². The van der Waals surface area contributed by atoms with E-state index in [0.717, 1.165) is 17.2 Å². The molecule has 3 rings (SSSR count). The Hall–Kier alpha value is -3.06. The van der Waals surface area contributed by atoms with Gasteiger partial charge in [-0.2, -0.15) is 0 Å². The van der Waals surface area contributed by atoms with E-state index in [1.165, 1.54) is 28.8 Å². The van der Waals surface area contributed by atoms with Crippen LogP contribution in [0.4, 0.5) is 5.69 Å². The highest BCUT2D eigenvalue weighted by Gasteiger charge is 2.32. The minimum atomic E-state index is -1.20. The molecule has 7 heteroatoms. The Morgan fingerprint density at radius 2 is 2.00 bits per heavy atom. The third-order valence-electron chi connectivity index (χ3n) is 4.11. The maximum atomic E-state index is 12.7. The second-order valence-electron chi connectivity index (χ2n) is 5.92. The Balaban J connectivity index is 2.02. The normalized spacial score (nSPS) is 17.1. The molecule has 2 aromatic carbocycles. The van der Waals surface area contributed by atoms with E-state index in [1.54, 1.807) is 0 Å². The van der Waals surface area contributed by atoms with Gasteiger partial charge in [-0.05, 0) is 61.0 Å². The molecule has 0 atom stereocenters. The van der Waals surface area contributed by atoms with E-state index in [0.29, 0.717) is 16.6 Å². The number of phenolic OH excluding ortho intramolecular Hbond substituents is 1. The van der Waals surface area contributed by atoms with Crippen LogP contribution in [0.25, 0.3) is 6.08 Å². The van der Waals surface area contributed by atoms with E-state index < -0.39 is 5.97 Å². The topological polar surface area (TPSA) is 90.2 Å². The number of aryl methyl sites for hydroxylation is 1. The number of carbonyl (C=O) groups is 2. The lowest BCUT2D eigenvalue weighted by Crippen LogP contribution is -2.28. The van der Waals surface area contributed by atoms with Crippen molar-refractivity contribution in [1.82, 2.24) is 4.90 Å². The van der Waals surface area contributed by atoms with Crippen LogP contribution in [0.5, 0.6) is 5.75 Å². The van der Waals surface area contributed by atoms with Crippen LogP contribution in [0.1, 0.15) is 28.4 Å². The number of thioether (sulfide) groups is 1. The van der Waals surface area contributed by atoms with Gasteiger partial charge in [0.2, 0.25) is 0 Å². The maximum absolute atomic E-state index is 12.7. The van der Waals surface area contributed by atoms with E-state index >= 15 is 0 Å². The Kier molecular flexibility index (Phi) is 5.32. The summed E-state index contributed by atoms with van der Waals surface area (Å²) in [7, 11) is 0. The molecule has 0 radical (unpaired) electrons. The number of hydrogen-bond acceptors (Lipinski definition) is 5. The molecule has 1 aliphatic rings. The number of phenols is 1. The highest BCUT2D eigenvalue weighted by atomic mass is 32.2. The highest BCUT2D eigenvalue weighted by Crippen LogP contribution is 2.35. The fourth-order valence-electron chi connectivity index (χ4n) is 2.66. The first-order valence-corrected chi connectivity index (χ1v) is 9.14. The van der Waals surface area contributed by atoms with Gasteiger partial charge in [0.25, 0.3) is 5.91 Å². The number of rotatable bonds is 4. The summed E-state index contributed by atoms with van der Waals surface area (Å²) in [6, 6.07) is 11.7. The minimum absolute atomic E-state index is 0.122. The second-order valence-corrected chi connectivity index (χ2v) is 6.93. The molecule has 1 aliphatic heterocycles. The zero-order valence-corrected chi connectivity index (χ0v) is 15.7. The molecule has 1 amide bonds.